The van der Waals surface area contributed by atoms with Crippen LogP contribution in [0.2, 0.25) is 0 Å². The zero-order chi connectivity index (χ0) is 41.7. The molecule has 5 saturated heterocycles. The first-order valence-corrected chi connectivity index (χ1v) is 22.2. The molecular formula is C49H54N6O6. The molecule has 12 nitrogen and oxygen atoms in total. The molecule has 12 heteroatoms. The second kappa shape index (κ2) is 14.6. The molecule has 61 heavy (non-hydrogen) atoms. The summed E-state index contributed by atoms with van der Waals surface area (Å²) in [7, 11) is 1.67. The summed E-state index contributed by atoms with van der Waals surface area (Å²) in [6, 6.07) is 23.9. The maximum atomic E-state index is 11.9. The van der Waals surface area contributed by atoms with Crippen molar-refractivity contribution in [1.82, 2.24) is 30.0 Å². The lowest BCUT2D eigenvalue weighted by atomic mass is 9.57. The van der Waals surface area contributed by atoms with Gasteiger partial charge in [0.15, 0.2) is 0 Å². The quantitative estimate of drug-likeness (QED) is 0.109. The van der Waals surface area contributed by atoms with E-state index < -0.39 is 23.4 Å². The Morgan fingerprint density at radius 2 is 1.43 bits per heavy atom. The van der Waals surface area contributed by atoms with Crippen LogP contribution in [-0.4, -0.2) is 101 Å². The number of nitrogens with zero attached hydrogens (tertiary/aromatic N) is 6. The van der Waals surface area contributed by atoms with Gasteiger partial charge in [-0.3, -0.25) is 19.8 Å². The van der Waals surface area contributed by atoms with E-state index in [0.29, 0.717) is 18.2 Å². The molecule has 316 valence electrons. The fourth-order valence-electron chi connectivity index (χ4n) is 12.4. The van der Waals surface area contributed by atoms with Crippen LogP contribution in [-0.2, 0) is 6.61 Å². The van der Waals surface area contributed by atoms with Gasteiger partial charge in [0.05, 0.1) is 58.8 Å². The second-order valence-electron chi connectivity index (χ2n) is 18.3. The van der Waals surface area contributed by atoms with Crippen LogP contribution in [0.3, 0.4) is 0 Å². The molecule has 1 aliphatic carbocycles. The summed E-state index contributed by atoms with van der Waals surface area (Å²) in [5.74, 6) is 1.86. The first-order valence-electron chi connectivity index (χ1n) is 22.2. The zero-order valence-corrected chi connectivity index (χ0v) is 35.1. The number of aromatic nitrogens is 4. The van der Waals surface area contributed by atoms with Crippen LogP contribution < -0.4 is 14.2 Å². The molecule has 5 aliphatic heterocycles. The van der Waals surface area contributed by atoms with Crippen molar-refractivity contribution in [2.24, 2.45) is 11.8 Å². The Bertz CT molecular complexity index is 2660. The highest BCUT2D eigenvalue weighted by atomic mass is 16.5. The minimum Gasteiger partial charge on any atom is -0.497 e. The fraction of sp³-hybridized carbons (Fsp3) is 0.469. The molecular weight excluding hydrogens is 769 g/mol. The third kappa shape index (κ3) is 5.97. The Labute approximate surface area is 355 Å². The van der Waals surface area contributed by atoms with E-state index >= 15 is 0 Å². The van der Waals surface area contributed by atoms with Crippen LogP contribution in [0.25, 0.3) is 32.6 Å². The number of hydrogen-bond acceptors (Lipinski definition) is 12. The van der Waals surface area contributed by atoms with Gasteiger partial charge in [0.1, 0.15) is 18.0 Å². The Morgan fingerprint density at radius 3 is 2.11 bits per heavy atom. The highest BCUT2D eigenvalue weighted by molar-refractivity contribution is 5.91. The largest absolute Gasteiger partial charge is 0.497 e. The molecule has 1 saturated carbocycles. The van der Waals surface area contributed by atoms with Gasteiger partial charge in [-0.05, 0) is 124 Å². The lowest BCUT2D eigenvalue weighted by Gasteiger charge is -2.51. The Kier molecular flexibility index (Phi) is 9.29. The van der Waals surface area contributed by atoms with Crippen molar-refractivity contribution in [2.75, 3.05) is 26.7 Å². The highest BCUT2D eigenvalue weighted by Gasteiger charge is 2.82. The first kappa shape index (κ1) is 38.9. The number of hydrogen-bond donors (Lipinski definition) is 3. The van der Waals surface area contributed by atoms with Gasteiger partial charge in [0.2, 0.25) is 11.8 Å². The molecule has 3 aromatic carbocycles. The summed E-state index contributed by atoms with van der Waals surface area (Å²) >= 11 is 0. The molecule has 2 bridgehead atoms. The third-order valence-electron chi connectivity index (χ3n) is 15.7. The van der Waals surface area contributed by atoms with Gasteiger partial charge in [-0.1, -0.05) is 32.0 Å². The van der Waals surface area contributed by atoms with Crippen LogP contribution >= 0.6 is 0 Å². The van der Waals surface area contributed by atoms with Crippen molar-refractivity contribution >= 4 is 32.6 Å². The normalized spacial score (nSPS) is 32.2. The van der Waals surface area contributed by atoms with Crippen molar-refractivity contribution in [3.8, 4) is 17.5 Å². The number of fused-ring (bicyclic) bond motifs is 7. The van der Waals surface area contributed by atoms with Crippen LogP contribution in [0.5, 0.6) is 17.5 Å². The molecule has 8 heterocycles. The summed E-state index contributed by atoms with van der Waals surface area (Å²) in [6.07, 6.45) is 8.32. The van der Waals surface area contributed by atoms with Gasteiger partial charge in [-0.2, -0.15) is 0 Å². The maximum absolute atomic E-state index is 11.9. The van der Waals surface area contributed by atoms with E-state index in [-0.39, 0.29) is 36.1 Å². The maximum Gasteiger partial charge on any atom is 0.242 e. The van der Waals surface area contributed by atoms with Gasteiger partial charge in [-0.25, -0.2) is 0 Å². The molecule has 0 amide bonds. The highest BCUT2D eigenvalue weighted by Crippen LogP contribution is 2.72. The van der Waals surface area contributed by atoms with E-state index in [1.807, 2.05) is 85.2 Å². The number of aliphatic hydroxyl groups excluding tert-OH is 1. The SMILES string of the molecule is CC[C@@]1(O)CCN2CCC1C[C@@H]2[C@@H](Oc1nnc(O[C@H](c2ccnc3ccc(CO)cc23)C2N3CC[C@@H]4C23C[C@@]4(O)CC)c2ccccc12)c1ccnc2ccc(OC)cc12. The third-order valence-corrected chi connectivity index (χ3v) is 15.7. The van der Waals surface area contributed by atoms with Gasteiger partial charge < -0.3 is 29.5 Å². The summed E-state index contributed by atoms with van der Waals surface area (Å²) in [5, 5.41) is 46.8. The number of pyridine rings is 2. The van der Waals surface area contributed by atoms with Crippen molar-refractivity contribution in [3.05, 3.63) is 102 Å². The average Bonchev–Trinajstić information content (AvgIpc) is 3.91. The molecule has 12 rings (SSSR count). The number of piperidine rings is 2. The van der Waals surface area contributed by atoms with Crippen LogP contribution in [0.1, 0.15) is 87.7 Å². The molecule has 6 fully saturated rings. The predicted octanol–water partition coefficient (Wildman–Crippen LogP) is 7.08. The molecule has 1 spiro atoms. The molecule has 11 atom stereocenters. The summed E-state index contributed by atoms with van der Waals surface area (Å²) in [5.41, 5.74) is 2.88. The van der Waals surface area contributed by atoms with E-state index in [1.165, 1.54) is 0 Å². The Hall–Kier alpha value is -4.98. The Balaban J connectivity index is 1.01. The van der Waals surface area contributed by atoms with E-state index in [9.17, 15) is 15.3 Å². The minimum absolute atomic E-state index is 0.0146. The number of rotatable bonds is 12. The van der Waals surface area contributed by atoms with Crippen LogP contribution in [0.15, 0.2) is 85.2 Å². The zero-order valence-electron chi connectivity index (χ0n) is 35.1. The fourth-order valence-corrected chi connectivity index (χ4v) is 12.4. The van der Waals surface area contributed by atoms with E-state index in [0.717, 1.165) is 113 Å². The second-order valence-corrected chi connectivity index (χ2v) is 18.3. The van der Waals surface area contributed by atoms with E-state index in [4.69, 9.17) is 34.4 Å². The van der Waals surface area contributed by atoms with Crippen molar-refractivity contribution in [1.29, 1.82) is 0 Å². The smallest absolute Gasteiger partial charge is 0.242 e. The predicted molar refractivity (Wildman–Crippen MR) is 231 cm³/mol. The number of methoxy groups -OCH3 is 1. The molecule has 6 aliphatic rings. The van der Waals surface area contributed by atoms with E-state index in [2.05, 4.69) is 23.6 Å². The number of ether oxygens (including phenoxy) is 3. The Morgan fingerprint density at radius 1 is 0.754 bits per heavy atom. The lowest BCUT2D eigenvalue weighted by molar-refractivity contribution is -0.124. The molecule has 0 radical (unpaired) electrons. The number of aliphatic hydroxyl groups is 3. The molecule has 6 aromatic rings. The van der Waals surface area contributed by atoms with Crippen LogP contribution in [0, 0.1) is 11.8 Å². The lowest BCUT2D eigenvalue weighted by Crippen LogP contribution is -2.60. The standard InChI is InChI=1S/C49H54N6O6/c1-4-47(57)18-23-54-21-16-30(47)25-40(54)42(32-14-19-51-39-13-11-31(59-3)26-37(32)39)60-45-34-8-6-7-9-35(34)46(53-52-45)61-43(33-15-20-50-38-12-10-29(27-56)24-36(33)38)44-49-28-48(58,5-2)41(49)17-22-55(44)49/h6-15,19-20,24,26,30,40-44,56-58H,4-5,16-18,21-23,25,27-28H2,1-3H3/t30?,40-,41+,42+,43-,44?,47-,48+,49?,55?/m1/s1. The summed E-state index contributed by atoms with van der Waals surface area (Å²) in [6.45, 7) is 6.65. The monoisotopic (exact) mass is 822 g/mol. The summed E-state index contributed by atoms with van der Waals surface area (Å²) < 4.78 is 20.2. The molecule has 5 unspecified atom stereocenters. The van der Waals surface area contributed by atoms with Crippen molar-refractivity contribution < 1.29 is 29.5 Å². The van der Waals surface area contributed by atoms with Crippen molar-refractivity contribution in [2.45, 2.75) is 106 Å². The van der Waals surface area contributed by atoms with Gasteiger partial charge in [0, 0.05) is 52.3 Å². The average molecular weight is 823 g/mol. The van der Waals surface area contributed by atoms with Crippen molar-refractivity contribution in [3.63, 3.8) is 0 Å². The summed E-state index contributed by atoms with van der Waals surface area (Å²) in [4.78, 5) is 14.4. The van der Waals surface area contributed by atoms with Gasteiger partial charge >= 0.3 is 0 Å². The minimum atomic E-state index is -0.718. The van der Waals surface area contributed by atoms with E-state index in [1.54, 1.807) is 7.11 Å². The molecule has 3 aromatic heterocycles. The topological polar surface area (TPSA) is 146 Å². The van der Waals surface area contributed by atoms with Gasteiger partial charge in [-0.15, -0.1) is 10.2 Å². The van der Waals surface area contributed by atoms with Crippen LogP contribution in [0.4, 0.5) is 0 Å². The molecule has 3 N–H and O–H groups in total. The first-order chi connectivity index (χ1) is 29.7. The number of benzene rings is 3. The van der Waals surface area contributed by atoms with Gasteiger partial charge in [0.25, 0.3) is 0 Å².